The molecule has 0 fully saturated rings. The first-order chi connectivity index (χ1) is 7.20. The maximum Gasteiger partial charge on any atom is 0.113 e. The van der Waals surface area contributed by atoms with E-state index in [1.165, 1.54) is 0 Å². The van der Waals surface area contributed by atoms with Crippen molar-refractivity contribution < 1.29 is 4.74 Å². The third kappa shape index (κ3) is 2.01. The van der Waals surface area contributed by atoms with Crippen LogP contribution in [0.1, 0.15) is 23.6 Å². The van der Waals surface area contributed by atoms with E-state index in [0.29, 0.717) is 0 Å². The summed E-state index contributed by atoms with van der Waals surface area (Å²) in [5.74, 6) is 0.836. The Morgan fingerprint density at radius 3 is 2.93 bits per heavy atom. The van der Waals surface area contributed by atoms with Crippen LogP contribution in [0.5, 0.6) is 0 Å². The number of hydrogen-bond acceptors (Lipinski definition) is 2. The normalized spacial score (nSPS) is 17.1. The van der Waals surface area contributed by atoms with Crippen molar-refractivity contribution in [1.82, 2.24) is 0 Å². The minimum absolute atomic E-state index is 0.236. The van der Waals surface area contributed by atoms with E-state index in [2.05, 4.69) is 0 Å². The summed E-state index contributed by atoms with van der Waals surface area (Å²) in [6, 6.07) is 5.65. The molecule has 80 valence electrons. The molecule has 2 N–H and O–H groups in total. The first kappa shape index (κ1) is 10.5. The number of nitrogens with two attached hydrogens (primary N) is 1. The second-order valence-electron chi connectivity index (χ2n) is 3.70. The van der Waals surface area contributed by atoms with E-state index in [9.17, 15) is 0 Å². The van der Waals surface area contributed by atoms with Crippen LogP contribution in [-0.2, 0) is 4.74 Å². The summed E-state index contributed by atoms with van der Waals surface area (Å²) in [6.07, 6.45) is 2.97. The highest BCUT2D eigenvalue weighted by Crippen LogP contribution is 2.30. The monoisotopic (exact) mass is 223 g/mol. The summed E-state index contributed by atoms with van der Waals surface area (Å²) >= 11 is 6.20. The summed E-state index contributed by atoms with van der Waals surface area (Å²) in [7, 11) is 0. The molecular weight excluding hydrogens is 210 g/mol. The van der Waals surface area contributed by atoms with E-state index < -0.39 is 0 Å². The highest BCUT2D eigenvalue weighted by atomic mass is 35.5. The Morgan fingerprint density at radius 1 is 1.47 bits per heavy atom. The largest absolute Gasteiger partial charge is 0.496 e. The molecule has 1 aliphatic rings. The minimum Gasteiger partial charge on any atom is -0.496 e. The van der Waals surface area contributed by atoms with Gasteiger partial charge in [0, 0.05) is 11.4 Å². The first-order valence-electron chi connectivity index (χ1n) is 5.03. The fourth-order valence-corrected chi connectivity index (χ4v) is 1.96. The van der Waals surface area contributed by atoms with Gasteiger partial charge in [0.05, 0.1) is 12.6 Å². The predicted molar refractivity (Wildman–Crippen MR) is 61.8 cm³/mol. The van der Waals surface area contributed by atoms with Gasteiger partial charge in [-0.3, -0.25) is 0 Å². The van der Waals surface area contributed by atoms with Crippen molar-refractivity contribution in [2.45, 2.75) is 19.4 Å². The summed E-state index contributed by atoms with van der Waals surface area (Å²) < 4.78 is 5.44. The van der Waals surface area contributed by atoms with Crippen molar-refractivity contribution in [1.29, 1.82) is 0 Å². The van der Waals surface area contributed by atoms with Crippen LogP contribution >= 0.6 is 11.6 Å². The third-order valence-electron chi connectivity index (χ3n) is 2.60. The standard InChI is InChI=1S/C12H14ClNO/c1-8-4-2-5-9(11(8)13)12(14)10-6-3-7-15-10/h2,4-6,12H,3,7,14H2,1H3. The molecule has 0 amide bonds. The van der Waals surface area contributed by atoms with Gasteiger partial charge >= 0.3 is 0 Å². The predicted octanol–water partition coefficient (Wildman–Crippen LogP) is 2.95. The molecule has 1 aromatic rings. The average Bonchev–Trinajstić information content (AvgIpc) is 2.74. The zero-order chi connectivity index (χ0) is 10.8. The topological polar surface area (TPSA) is 35.2 Å². The molecule has 1 heterocycles. The zero-order valence-corrected chi connectivity index (χ0v) is 9.42. The molecule has 1 atom stereocenters. The fourth-order valence-electron chi connectivity index (χ4n) is 1.72. The molecule has 0 aliphatic carbocycles. The van der Waals surface area contributed by atoms with Crippen LogP contribution in [-0.4, -0.2) is 6.61 Å². The van der Waals surface area contributed by atoms with Crippen molar-refractivity contribution in [2.75, 3.05) is 6.61 Å². The van der Waals surface area contributed by atoms with E-state index >= 15 is 0 Å². The second kappa shape index (κ2) is 4.25. The van der Waals surface area contributed by atoms with Crippen LogP contribution in [0.15, 0.2) is 30.0 Å². The van der Waals surface area contributed by atoms with Gasteiger partial charge in [0.15, 0.2) is 0 Å². The summed E-state index contributed by atoms with van der Waals surface area (Å²) in [6.45, 7) is 2.70. The molecule has 15 heavy (non-hydrogen) atoms. The molecule has 2 rings (SSSR count). The van der Waals surface area contributed by atoms with Gasteiger partial charge in [-0.2, -0.15) is 0 Å². The van der Waals surface area contributed by atoms with Crippen LogP contribution in [0, 0.1) is 6.92 Å². The van der Waals surface area contributed by atoms with Crippen molar-refractivity contribution in [3.63, 3.8) is 0 Å². The Morgan fingerprint density at radius 2 is 2.27 bits per heavy atom. The fraction of sp³-hybridized carbons (Fsp3) is 0.333. The summed E-state index contributed by atoms with van der Waals surface area (Å²) in [5, 5.41) is 0.737. The van der Waals surface area contributed by atoms with Crippen LogP contribution in [0.2, 0.25) is 5.02 Å². The van der Waals surface area contributed by atoms with E-state index in [1.54, 1.807) is 0 Å². The van der Waals surface area contributed by atoms with Gasteiger partial charge in [-0.25, -0.2) is 0 Å². The van der Waals surface area contributed by atoms with Crippen LogP contribution in [0.3, 0.4) is 0 Å². The lowest BCUT2D eigenvalue weighted by Gasteiger charge is -2.16. The molecule has 2 nitrogen and oxygen atoms in total. The number of benzene rings is 1. The zero-order valence-electron chi connectivity index (χ0n) is 8.66. The highest BCUT2D eigenvalue weighted by molar-refractivity contribution is 6.32. The Kier molecular flexibility index (Phi) is 2.98. The first-order valence-corrected chi connectivity index (χ1v) is 5.41. The molecular formula is C12H14ClNO. The molecule has 0 saturated heterocycles. The highest BCUT2D eigenvalue weighted by Gasteiger charge is 2.19. The maximum absolute atomic E-state index is 6.20. The number of aryl methyl sites for hydroxylation is 1. The Bertz CT molecular complexity index is 401. The molecule has 1 aliphatic heterocycles. The van der Waals surface area contributed by atoms with Crippen LogP contribution in [0.4, 0.5) is 0 Å². The van der Waals surface area contributed by atoms with Crippen LogP contribution < -0.4 is 5.73 Å². The molecule has 1 aromatic carbocycles. The third-order valence-corrected chi connectivity index (χ3v) is 3.11. The smallest absolute Gasteiger partial charge is 0.113 e. The molecule has 0 aromatic heterocycles. The quantitative estimate of drug-likeness (QED) is 0.837. The van der Waals surface area contributed by atoms with E-state index in [4.69, 9.17) is 22.1 Å². The molecule has 0 saturated carbocycles. The van der Waals surface area contributed by atoms with Crippen LogP contribution in [0.25, 0.3) is 0 Å². The molecule has 1 unspecified atom stereocenters. The van der Waals surface area contributed by atoms with Gasteiger partial charge in [-0.1, -0.05) is 29.8 Å². The van der Waals surface area contributed by atoms with E-state index in [0.717, 1.165) is 34.9 Å². The average molecular weight is 224 g/mol. The van der Waals surface area contributed by atoms with Crippen molar-refractivity contribution in [2.24, 2.45) is 5.73 Å². The van der Waals surface area contributed by atoms with Gasteiger partial charge in [-0.15, -0.1) is 0 Å². The minimum atomic E-state index is -0.236. The summed E-state index contributed by atoms with van der Waals surface area (Å²) in [5.41, 5.74) is 8.07. The van der Waals surface area contributed by atoms with Gasteiger partial charge < -0.3 is 10.5 Å². The number of hydrogen-bond donors (Lipinski definition) is 1. The Balaban J connectivity index is 2.32. The Labute approximate surface area is 94.7 Å². The molecule has 0 spiro atoms. The summed E-state index contributed by atoms with van der Waals surface area (Å²) in [4.78, 5) is 0. The number of halogens is 1. The molecule has 3 heteroatoms. The lowest BCUT2D eigenvalue weighted by atomic mass is 10.0. The lowest BCUT2D eigenvalue weighted by molar-refractivity contribution is 0.225. The van der Waals surface area contributed by atoms with E-state index in [-0.39, 0.29) is 6.04 Å². The lowest BCUT2D eigenvalue weighted by Crippen LogP contribution is -2.14. The number of ether oxygens (including phenoxy) is 1. The van der Waals surface area contributed by atoms with E-state index in [1.807, 2.05) is 31.2 Å². The maximum atomic E-state index is 6.20. The van der Waals surface area contributed by atoms with Crippen molar-refractivity contribution >= 4 is 11.6 Å². The Hall–Kier alpha value is -0.990. The second-order valence-corrected chi connectivity index (χ2v) is 4.08. The number of rotatable bonds is 2. The van der Waals surface area contributed by atoms with Crippen molar-refractivity contribution in [3.8, 4) is 0 Å². The van der Waals surface area contributed by atoms with Gasteiger partial charge in [-0.05, 0) is 24.1 Å². The SMILES string of the molecule is Cc1cccc(C(N)C2=CCCO2)c1Cl. The van der Waals surface area contributed by atoms with Gasteiger partial charge in [0.25, 0.3) is 0 Å². The van der Waals surface area contributed by atoms with Gasteiger partial charge in [0.1, 0.15) is 5.76 Å². The molecule has 0 radical (unpaired) electrons. The van der Waals surface area contributed by atoms with Gasteiger partial charge in [0.2, 0.25) is 0 Å². The van der Waals surface area contributed by atoms with Crippen molar-refractivity contribution in [3.05, 3.63) is 46.2 Å². The molecule has 0 bridgehead atoms.